The molecule has 0 radical (unpaired) electrons. The van der Waals surface area contributed by atoms with E-state index in [9.17, 15) is 18.8 Å². The molecule has 1 fully saturated rings. The third-order valence-corrected chi connectivity index (χ3v) is 6.99. The van der Waals surface area contributed by atoms with Gasteiger partial charge in [0.25, 0.3) is 0 Å². The van der Waals surface area contributed by atoms with Gasteiger partial charge < -0.3 is 28.4 Å². The third-order valence-electron chi connectivity index (χ3n) is 6.99. The van der Waals surface area contributed by atoms with Crippen LogP contribution >= 0.6 is 0 Å². The van der Waals surface area contributed by atoms with E-state index >= 15 is 0 Å². The van der Waals surface area contributed by atoms with E-state index in [-0.39, 0.29) is 23.2 Å². The highest BCUT2D eigenvalue weighted by atomic mass is 19.1. The molecule has 40 heavy (non-hydrogen) atoms. The number of hydrogen-bond donors (Lipinski definition) is 0. The Balaban J connectivity index is 1.13. The topological polar surface area (TPSA) is 117 Å². The van der Waals surface area contributed by atoms with Gasteiger partial charge in [0.2, 0.25) is 5.78 Å². The van der Waals surface area contributed by atoms with Crippen LogP contribution in [0.25, 0.3) is 11.0 Å². The van der Waals surface area contributed by atoms with E-state index in [0.29, 0.717) is 23.7 Å². The van der Waals surface area contributed by atoms with Crippen LogP contribution in [0.5, 0.6) is 11.5 Å². The summed E-state index contributed by atoms with van der Waals surface area (Å²) >= 11 is 0. The Bertz CT molecular complexity index is 1420. The fourth-order valence-electron chi connectivity index (χ4n) is 4.97. The van der Waals surface area contributed by atoms with E-state index in [2.05, 4.69) is 17.0 Å². The molecule has 5 rings (SSSR count). The van der Waals surface area contributed by atoms with Gasteiger partial charge in [-0.2, -0.15) is 0 Å². The molecule has 0 saturated carbocycles. The number of aromatic nitrogens is 1. The van der Waals surface area contributed by atoms with Crippen molar-refractivity contribution >= 4 is 28.7 Å². The summed E-state index contributed by atoms with van der Waals surface area (Å²) in [4.78, 5) is 38.4. The van der Waals surface area contributed by atoms with Crippen LogP contribution in [-0.2, 0) is 19.1 Å². The third kappa shape index (κ3) is 6.15. The molecule has 0 bridgehead atoms. The number of rotatable bonds is 9. The molecule has 3 aromatic rings. The fourth-order valence-corrected chi connectivity index (χ4v) is 4.97. The second-order valence-corrected chi connectivity index (χ2v) is 9.97. The first kappa shape index (κ1) is 27.3. The van der Waals surface area contributed by atoms with Crippen LogP contribution in [0.2, 0.25) is 0 Å². The predicted octanol–water partition coefficient (Wildman–Crippen LogP) is 4.04. The van der Waals surface area contributed by atoms with Gasteiger partial charge >= 0.3 is 18.2 Å². The molecule has 3 heterocycles. The van der Waals surface area contributed by atoms with Crippen LogP contribution in [0.1, 0.15) is 41.7 Å². The van der Waals surface area contributed by atoms with E-state index in [1.165, 1.54) is 31.4 Å². The molecule has 0 spiro atoms. The fraction of sp³-hybridized carbons (Fsp3) is 0.379. The normalized spacial score (nSPS) is 17.8. The van der Waals surface area contributed by atoms with Gasteiger partial charge in [0, 0.05) is 47.5 Å². The largest absolute Gasteiger partial charge is 0.493 e. The van der Waals surface area contributed by atoms with Crippen molar-refractivity contribution in [3.8, 4) is 11.5 Å². The van der Waals surface area contributed by atoms with Crippen molar-refractivity contribution in [2.75, 3.05) is 33.4 Å². The van der Waals surface area contributed by atoms with Crippen LogP contribution in [-0.4, -0.2) is 67.4 Å². The summed E-state index contributed by atoms with van der Waals surface area (Å²) in [6, 6.07) is 9.08. The number of ether oxygens (including phenoxy) is 4. The zero-order valence-corrected chi connectivity index (χ0v) is 22.1. The second kappa shape index (κ2) is 11.9. The summed E-state index contributed by atoms with van der Waals surface area (Å²) in [5.41, 5.74) is 1.51. The number of halogens is 1. The van der Waals surface area contributed by atoms with Gasteiger partial charge in [-0.15, -0.1) is 0 Å². The van der Waals surface area contributed by atoms with E-state index in [1.807, 2.05) is 0 Å². The molecule has 1 atom stereocenters. The molecule has 2 aromatic carbocycles. The SMILES string of the molecule is COc1cc(C(=O)C2OC(=O)C=CC(=O)O2)ccc1OC[C@@H](C)CN1CCC(c2noc3cc(F)ccc23)CC1. The number of piperidine rings is 1. The zero-order valence-electron chi connectivity index (χ0n) is 22.1. The number of carbonyl (C=O) groups excluding carboxylic acids is 3. The van der Waals surface area contributed by atoms with Gasteiger partial charge in [-0.1, -0.05) is 12.1 Å². The number of likely N-dealkylation sites (tertiary alicyclic amines) is 1. The summed E-state index contributed by atoms with van der Waals surface area (Å²) in [7, 11) is 1.45. The minimum atomic E-state index is -1.68. The summed E-state index contributed by atoms with van der Waals surface area (Å²) in [6.45, 7) is 5.15. The van der Waals surface area contributed by atoms with Crippen LogP contribution < -0.4 is 9.47 Å². The summed E-state index contributed by atoms with van der Waals surface area (Å²) in [5, 5.41) is 5.09. The Hall–Kier alpha value is -4.25. The van der Waals surface area contributed by atoms with E-state index in [1.54, 1.807) is 12.1 Å². The molecular weight excluding hydrogens is 523 g/mol. The molecular formula is C29H29FN2O8. The standard InChI is InChI=1S/C29H29FN2O8/c1-17(15-32-11-9-18(10-12-32)27-21-5-4-20(30)14-23(21)40-31-27)16-37-22-6-3-19(13-24(22)36-2)28(35)29-38-25(33)7-8-26(34)39-29/h3-8,13-14,17-18,29H,9-12,15-16H2,1-2H3/t17-/m0/s1. The number of fused-ring (bicyclic) bond motifs is 1. The van der Waals surface area contributed by atoms with E-state index in [4.69, 9.17) is 23.5 Å². The van der Waals surface area contributed by atoms with Gasteiger partial charge in [0.15, 0.2) is 17.1 Å². The quantitative estimate of drug-likeness (QED) is 0.284. The van der Waals surface area contributed by atoms with Crippen LogP contribution in [0.15, 0.2) is 53.1 Å². The highest BCUT2D eigenvalue weighted by molar-refractivity contribution is 6.03. The average Bonchev–Trinajstić information content (AvgIpc) is 3.29. The number of ketones is 1. The Labute approximate surface area is 229 Å². The molecule has 1 aromatic heterocycles. The molecule has 0 unspecified atom stereocenters. The molecule has 2 aliphatic heterocycles. The van der Waals surface area contributed by atoms with E-state index < -0.39 is 24.0 Å². The summed E-state index contributed by atoms with van der Waals surface area (Å²) in [5.74, 6) is -1.49. The highest BCUT2D eigenvalue weighted by Crippen LogP contribution is 2.33. The maximum absolute atomic E-state index is 13.5. The smallest absolute Gasteiger partial charge is 0.334 e. The maximum Gasteiger partial charge on any atom is 0.334 e. The first-order valence-electron chi connectivity index (χ1n) is 13.0. The minimum absolute atomic E-state index is 0.137. The molecule has 0 aliphatic carbocycles. The maximum atomic E-state index is 13.5. The number of carbonyl (C=O) groups is 3. The number of benzene rings is 2. The van der Waals surface area contributed by atoms with Gasteiger partial charge in [-0.05, 0) is 56.3 Å². The Morgan fingerprint density at radius 3 is 2.50 bits per heavy atom. The zero-order chi connectivity index (χ0) is 28.2. The van der Waals surface area contributed by atoms with Crippen LogP contribution in [0, 0.1) is 11.7 Å². The van der Waals surface area contributed by atoms with Crippen molar-refractivity contribution in [1.82, 2.24) is 10.1 Å². The van der Waals surface area contributed by atoms with E-state index in [0.717, 1.165) is 55.7 Å². The molecule has 210 valence electrons. The highest BCUT2D eigenvalue weighted by Gasteiger charge is 2.30. The van der Waals surface area contributed by atoms with Crippen molar-refractivity contribution in [2.45, 2.75) is 32.0 Å². The lowest BCUT2D eigenvalue weighted by Gasteiger charge is -2.32. The van der Waals surface area contributed by atoms with Crippen molar-refractivity contribution < 1.29 is 42.2 Å². The second-order valence-electron chi connectivity index (χ2n) is 9.97. The molecule has 0 N–H and O–H groups in total. The Kier molecular flexibility index (Phi) is 8.11. The first-order chi connectivity index (χ1) is 19.3. The van der Waals surface area contributed by atoms with Crippen molar-refractivity contribution in [3.05, 3.63) is 65.6 Å². The Morgan fingerprint density at radius 2 is 1.80 bits per heavy atom. The number of cyclic esters (lactones) is 2. The lowest BCUT2D eigenvalue weighted by Crippen LogP contribution is -2.37. The van der Waals surface area contributed by atoms with Crippen LogP contribution in [0.3, 0.4) is 0 Å². The summed E-state index contributed by atoms with van der Waals surface area (Å²) in [6.07, 6.45) is 1.98. The monoisotopic (exact) mass is 552 g/mol. The molecule has 1 saturated heterocycles. The predicted molar refractivity (Wildman–Crippen MR) is 139 cm³/mol. The average molecular weight is 553 g/mol. The number of methoxy groups -OCH3 is 1. The number of nitrogens with zero attached hydrogens (tertiary/aromatic N) is 2. The van der Waals surface area contributed by atoms with Gasteiger partial charge in [-0.25, -0.2) is 14.0 Å². The first-order valence-corrected chi connectivity index (χ1v) is 13.0. The molecule has 2 aliphatic rings. The van der Waals surface area contributed by atoms with Crippen molar-refractivity contribution in [3.63, 3.8) is 0 Å². The lowest BCUT2D eigenvalue weighted by molar-refractivity contribution is -0.169. The number of Topliss-reactive ketones (excluding diaryl/α,β-unsaturated/α-hetero) is 1. The van der Waals surface area contributed by atoms with Gasteiger partial charge in [-0.3, -0.25) is 4.79 Å². The molecule has 11 heteroatoms. The number of esters is 2. The van der Waals surface area contributed by atoms with Crippen molar-refractivity contribution in [1.29, 1.82) is 0 Å². The van der Waals surface area contributed by atoms with Gasteiger partial charge in [0.05, 0.1) is 19.4 Å². The summed E-state index contributed by atoms with van der Waals surface area (Å²) < 4.78 is 40.0. The Morgan fingerprint density at radius 1 is 1.07 bits per heavy atom. The lowest BCUT2D eigenvalue weighted by atomic mass is 9.91. The molecule has 0 amide bonds. The molecule has 10 nitrogen and oxygen atoms in total. The van der Waals surface area contributed by atoms with Crippen molar-refractivity contribution in [2.24, 2.45) is 5.92 Å². The van der Waals surface area contributed by atoms with Gasteiger partial charge in [0.1, 0.15) is 5.82 Å². The van der Waals surface area contributed by atoms with Crippen LogP contribution in [0.4, 0.5) is 4.39 Å². The number of hydrogen-bond acceptors (Lipinski definition) is 10. The minimum Gasteiger partial charge on any atom is -0.493 e.